The first-order valence-electron chi connectivity index (χ1n) is 9.12. The van der Waals surface area contributed by atoms with Gasteiger partial charge in [0.1, 0.15) is 17.2 Å². The van der Waals surface area contributed by atoms with Crippen molar-refractivity contribution in [1.29, 1.82) is 0 Å². The van der Waals surface area contributed by atoms with Gasteiger partial charge < -0.3 is 9.32 Å². The van der Waals surface area contributed by atoms with Crippen LogP contribution in [0.4, 0.5) is 8.78 Å². The smallest absolute Gasteiger partial charge is 0.289 e. The Balaban J connectivity index is 1.54. The Labute approximate surface area is 176 Å². The molecular formula is C20H17ClF2N2O4S. The number of nitrogens with zero attached hydrogens (tertiary/aromatic N) is 2. The molecule has 0 N–H and O–H groups in total. The van der Waals surface area contributed by atoms with Gasteiger partial charge in [0.15, 0.2) is 10.7 Å². The van der Waals surface area contributed by atoms with Gasteiger partial charge in [-0.3, -0.25) is 4.79 Å². The zero-order chi connectivity index (χ0) is 21.6. The number of furan rings is 1. The summed E-state index contributed by atoms with van der Waals surface area (Å²) in [5, 5.41) is 1.24. The fourth-order valence-electron chi connectivity index (χ4n) is 3.53. The van der Waals surface area contributed by atoms with Crippen molar-refractivity contribution in [1.82, 2.24) is 9.21 Å². The highest BCUT2D eigenvalue weighted by Crippen LogP contribution is 2.29. The van der Waals surface area contributed by atoms with Gasteiger partial charge in [0.05, 0.1) is 0 Å². The van der Waals surface area contributed by atoms with Crippen molar-refractivity contribution in [2.45, 2.75) is 11.8 Å². The van der Waals surface area contributed by atoms with Crippen LogP contribution in [0.1, 0.15) is 16.1 Å². The van der Waals surface area contributed by atoms with Crippen LogP contribution < -0.4 is 0 Å². The van der Waals surface area contributed by atoms with Gasteiger partial charge in [0.2, 0.25) is 10.0 Å². The molecule has 10 heteroatoms. The van der Waals surface area contributed by atoms with Crippen molar-refractivity contribution in [3.8, 4) is 0 Å². The molecule has 0 saturated carbocycles. The fourth-order valence-corrected chi connectivity index (χ4v) is 5.23. The molecule has 1 saturated heterocycles. The molecule has 4 rings (SSSR count). The summed E-state index contributed by atoms with van der Waals surface area (Å²) in [5.41, 5.74) is 1.16. The number of sulfonamides is 1. The number of carbonyl (C=O) groups excluding carboxylic acids is 1. The summed E-state index contributed by atoms with van der Waals surface area (Å²) >= 11 is 6.01. The van der Waals surface area contributed by atoms with E-state index in [4.69, 9.17) is 16.0 Å². The van der Waals surface area contributed by atoms with Crippen LogP contribution in [0.3, 0.4) is 0 Å². The fraction of sp³-hybridized carbons (Fsp3) is 0.250. The lowest BCUT2D eigenvalue weighted by Gasteiger charge is -2.33. The zero-order valence-corrected chi connectivity index (χ0v) is 17.4. The summed E-state index contributed by atoms with van der Waals surface area (Å²) in [7, 11) is -4.36. The van der Waals surface area contributed by atoms with Crippen LogP contribution in [0.2, 0.25) is 5.02 Å². The minimum Gasteiger partial charge on any atom is -0.451 e. The molecule has 1 fully saturated rings. The van der Waals surface area contributed by atoms with Crippen molar-refractivity contribution in [3.63, 3.8) is 0 Å². The van der Waals surface area contributed by atoms with E-state index in [0.29, 0.717) is 16.2 Å². The molecule has 1 aliphatic rings. The van der Waals surface area contributed by atoms with Crippen LogP contribution in [0.25, 0.3) is 11.0 Å². The van der Waals surface area contributed by atoms with E-state index < -0.39 is 26.6 Å². The number of hydrogen-bond donors (Lipinski definition) is 0. The number of piperazine rings is 1. The summed E-state index contributed by atoms with van der Waals surface area (Å²) in [4.78, 5) is 13.4. The number of rotatable bonds is 3. The SMILES string of the molecule is Cc1c(C(=O)N2CCN(S(=O)(=O)c3c(F)cccc3F)CC2)oc2ccc(Cl)cc12. The molecule has 158 valence electrons. The van der Waals surface area contributed by atoms with Crippen LogP contribution in [0.5, 0.6) is 0 Å². The third kappa shape index (κ3) is 3.46. The normalized spacial score (nSPS) is 15.7. The van der Waals surface area contributed by atoms with E-state index in [2.05, 4.69) is 0 Å². The standard InChI is InChI=1S/C20H17ClF2N2O4S/c1-12-14-11-13(21)5-6-17(14)29-18(12)20(26)24-7-9-25(10-8-24)30(27,28)19-15(22)3-2-4-16(19)23/h2-6,11H,7-10H2,1H3. The Bertz CT molecular complexity index is 1230. The third-order valence-corrected chi connectivity index (χ3v) is 7.32. The summed E-state index contributed by atoms with van der Waals surface area (Å²) < 4.78 is 60.0. The van der Waals surface area contributed by atoms with E-state index in [-0.39, 0.29) is 37.8 Å². The topological polar surface area (TPSA) is 70.8 Å². The maximum absolute atomic E-state index is 14.0. The maximum atomic E-state index is 14.0. The molecule has 2 heterocycles. The number of carbonyl (C=O) groups is 1. The molecule has 0 spiro atoms. The summed E-state index contributed by atoms with van der Waals surface area (Å²) in [6.45, 7) is 1.69. The second kappa shape index (κ2) is 7.64. The zero-order valence-electron chi connectivity index (χ0n) is 15.9. The monoisotopic (exact) mass is 454 g/mol. The van der Waals surface area contributed by atoms with Gasteiger partial charge in [-0.05, 0) is 37.3 Å². The summed E-state index contributed by atoms with van der Waals surface area (Å²) in [6, 6.07) is 7.93. The molecule has 1 aliphatic heterocycles. The van der Waals surface area contributed by atoms with Crippen molar-refractivity contribution in [2.24, 2.45) is 0 Å². The quantitative estimate of drug-likeness (QED) is 0.603. The number of fused-ring (bicyclic) bond motifs is 1. The van der Waals surface area contributed by atoms with E-state index in [1.165, 1.54) is 4.90 Å². The Hall–Kier alpha value is -2.49. The van der Waals surface area contributed by atoms with Crippen LogP contribution in [-0.2, 0) is 10.0 Å². The summed E-state index contributed by atoms with van der Waals surface area (Å²) in [5.74, 6) is -2.52. The molecule has 1 aromatic heterocycles. The molecule has 3 aromatic rings. The number of aryl methyl sites for hydroxylation is 1. The minimum atomic E-state index is -4.36. The van der Waals surface area contributed by atoms with Gasteiger partial charge in [-0.15, -0.1) is 0 Å². The molecule has 1 amide bonds. The van der Waals surface area contributed by atoms with E-state index in [1.54, 1.807) is 25.1 Å². The van der Waals surface area contributed by atoms with Crippen LogP contribution in [-0.4, -0.2) is 49.7 Å². The van der Waals surface area contributed by atoms with Crippen molar-refractivity contribution < 1.29 is 26.4 Å². The van der Waals surface area contributed by atoms with Crippen molar-refractivity contribution >= 4 is 38.5 Å². The van der Waals surface area contributed by atoms with Crippen molar-refractivity contribution in [3.05, 3.63) is 64.4 Å². The highest BCUT2D eigenvalue weighted by atomic mass is 35.5. The Morgan fingerprint density at radius 2 is 1.70 bits per heavy atom. The molecule has 6 nitrogen and oxygen atoms in total. The first-order chi connectivity index (χ1) is 14.2. The highest BCUT2D eigenvalue weighted by molar-refractivity contribution is 7.89. The van der Waals surface area contributed by atoms with Gasteiger partial charge in [-0.25, -0.2) is 17.2 Å². The lowest BCUT2D eigenvalue weighted by atomic mass is 10.1. The number of hydrogen-bond acceptors (Lipinski definition) is 4. The van der Waals surface area contributed by atoms with Gasteiger partial charge in [0.25, 0.3) is 5.91 Å². The Morgan fingerprint density at radius 3 is 2.33 bits per heavy atom. The van der Waals surface area contributed by atoms with Crippen LogP contribution >= 0.6 is 11.6 Å². The lowest BCUT2D eigenvalue weighted by Crippen LogP contribution is -2.50. The summed E-state index contributed by atoms with van der Waals surface area (Å²) in [6.07, 6.45) is 0. The molecule has 30 heavy (non-hydrogen) atoms. The van der Waals surface area contributed by atoms with Crippen LogP contribution in [0, 0.1) is 18.6 Å². The average molecular weight is 455 g/mol. The van der Waals surface area contributed by atoms with Gasteiger partial charge >= 0.3 is 0 Å². The molecule has 0 radical (unpaired) electrons. The maximum Gasteiger partial charge on any atom is 0.289 e. The van der Waals surface area contributed by atoms with E-state index in [9.17, 15) is 22.0 Å². The van der Waals surface area contributed by atoms with Crippen LogP contribution in [0.15, 0.2) is 45.7 Å². The van der Waals surface area contributed by atoms with Gasteiger partial charge in [-0.2, -0.15) is 4.31 Å². The predicted molar refractivity (Wildman–Crippen MR) is 107 cm³/mol. The minimum absolute atomic E-state index is 0.0609. The second-order valence-corrected chi connectivity index (χ2v) is 9.25. The predicted octanol–water partition coefficient (Wildman–Crippen LogP) is 3.82. The first-order valence-corrected chi connectivity index (χ1v) is 10.9. The molecule has 2 aromatic carbocycles. The average Bonchev–Trinajstić information content (AvgIpc) is 3.03. The van der Waals surface area contributed by atoms with Gasteiger partial charge in [0, 0.05) is 42.2 Å². The largest absolute Gasteiger partial charge is 0.451 e. The van der Waals surface area contributed by atoms with Crippen molar-refractivity contribution in [2.75, 3.05) is 26.2 Å². The van der Waals surface area contributed by atoms with E-state index >= 15 is 0 Å². The second-order valence-electron chi connectivity index (χ2n) is 6.94. The van der Waals surface area contributed by atoms with Gasteiger partial charge in [-0.1, -0.05) is 17.7 Å². The highest BCUT2D eigenvalue weighted by Gasteiger charge is 2.35. The Morgan fingerprint density at radius 1 is 1.07 bits per heavy atom. The number of halogens is 3. The molecule has 0 unspecified atom stereocenters. The molecule has 0 atom stereocenters. The number of amides is 1. The third-order valence-electron chi connectivity index (χ3n) is 5.14. The van der Waals surface area contributed by atoms with E-state index in [1.807, 2.05) is 0 Å². The lowest BCUT2D eigenvalue weighted by molar-refractivity contribution is 0.0667. The molecular weight excluding hydrogens is 438 g/mol. The molecule has 0 bridgehead atoms. The van der Waals surface area contributed by atoms with E-state index in [0.717, 1.165) is 27.9 Å². The Kier molecular flexibility index (Phi) is 5.29. The first kappa shape index (κ1) is 20.8. The molecule has 0 aliphatic carbocycles. The number of benzene rings is 2.